The molecule has 0 saturated heterocycles. The van der Waals surface area contributed by atoms with Crippen LogP contribution in [0, 0.1) is 49.4 Å². The monoisotopic (exact) mass is 305 g/mol. The molecule has 1 radical (unpaired) electrons. The van der Waals surface area contributed by atoms with Gasteiger partial charge in [0.25, 0.3) is 0 Å². The van der Waals surface area contributed by atoms with Crippen molar-refractivity contribution in [2.24, 2.45) is 0 Å². The predicted molar refractivity (Wildman–Crippen MR) is 25.0 cm³/mol. The third-order valence-electron chi connectivity index (χ3n) is 0. The van der Waals surface area contributed by atoms with Crippen molar-refractivity contribution < 1.29 is 83.3 Å². The second-order valence-electron chi connectivity index (χ2n) is 0.448. The fourth-order valence-electron chi connectivity index (χ4n) is 0. The van der Waals surface area contributed by atoms with Crippen LogP contribution in [0.4, 0.5) is 0 Å². The Labute approximate surface area is 92.5 Å². The summed E-state index contributed by atoms with van der Waals surface area (Å²) in [6.07, 6.45) is 0. The molecule has 0 aliphatic carbocycles. The Morgan fingerprint density at radius 2 is 0.889 bits per heavy atom. The van der Waals surface area contributed by atoms with E-state index in [1.807, 2.05) is 0 Å². The summed E-state index contributed by atoms with van der Waals surface area (Å²) in [7, 11) is -4.67. The Kier molecular flexibility index (Phi) is 42.4. The number of hydrogen-bond donors (Lipinski definition) is 2. The Balaban J connectivity index is -0.0000000133. The van der Waals surface area contributed by atoms with E-state index >= 15 is 0 Å². The summed E-state index contributed by atoms with van der Waals surface area (Å²) >= 11 is 0. The number of rotatable bonds is 0. The molecule has 0 aliphatic rings. The normalized spacial score (nSPS) is 6.44. The Morgan fingerprint density at radius 3 is 0.889 bits per heavy atom. The van der Waals surface area contributed by atoms with Gasteiger partial charge in [-0.25, -0.2) is 0 Å². The minimum absolute atomic E-state index is 0. The van der Waals surface area contributed by atoms with E-state index in [2.05, 4.69) is 0 Å². The van der Waals surface area contributed by atoms with Gasteiger partial charge in [0.15, 0.2) is 0 Å². The molecule has 0 aromatic carbocycles. The minimum atomic E-state index is -4.67. The van der Waals surface area contributed by atoms with Crippen LogP contribution in [0.2, 0.25) is 0 Å². The van der Waals surface area contributed by atoms with Crippen molar-refractivity contribution in [2.45, 2.75) is 0 Å². The zero-order valence-electron chi connectivity index (χ0n) is 4.00. The Bertz CT molecular complexity index is 92.1. The first kappa shape index (κ1) is 31.6. The molecule has 0 aromatic rings. The van der Waals surface area contributed by atoms with E-state index < -0.39 is 10.4 Å². The molecular formula is H8EuO7S. The van der Waals surface area contributed by atoms with E-state index in [1.165, 1.54) is 0 Å². The van der Waals surface area contributed by atoms with Crippen LogP contribution in [0.1, 0.15) is 0 Å². The molecule has 0 spiro atoms. The maximum atomic E-state index is 8.74. The smallest absolute Gasteiger partial charge is 0.394 e. The van der Waals surface area contributed by atoms with Crippen LogP contribution in [0.3, 0.4) is 0 Å². The van der Waals surface area contributed by atoms with E-state index in [9.17, 15) is 0 Å². The molecule has 0 bridgehead atoms. The summed E-state index contributed by atoms with van der Waals surface area (Å²) in [4.78, 5) is 0. The van der Waals surface area contributed by atoms with Gasteiger partial charge in [-0.2, -0.15) is 8.42 Å². The van der Waals surface area contributed by atoms with Crippen molar-refractivity contribution in [1.29, 1.82) is 0 Å². The van der Waals surface area contributed by atoms with Crippen LogP contribution < -0.4 is 0 Å². The van der Waals surface area contributed by atoms with Gasteiger partial charge in [-0.3, -0.25) is 9.11 Å². The molecule has 0 unspecified atom stereocenters. The first-order valence-electron chi connectivity index (χ1n) is 0.698. The van der Waals surface area contributed by atoms with E-state index in [0.29, 0.717) is 0 Å². The predicted octanol–water partition coefficient (Wildman–Crippen LogP) is -3.13. The molecule has 7 nitrogen and oxygen atoms in total. The molecule has 9 heteroatoms. The SMILES string of the molecule is O.O.O.O=S(=O)(O)O.[Eu]. The van der Waals surface area contributed by atoms with Crippen LogP contribution >= 0.6 is 0 Å². The molecule has 0 rings (SSSR count). The van der Waals surface area contributed by atoms with Crippen LogP contribution in [0.25, 0.3) is 0 Å². The van der Waals surface area contributed by atoms with E-state index in [-0.39, 0.29) is 65.8 Å². The Hall–Kier alpha value is 1.33. The van der Waals surface area contributed by atoms with Crippen molar-refractivity contribution in [3.63, 3.8) is 0 Å². The summed E-state index contributed by atoms with van der Waals surface area (Å²) in [5.74, 6) is 0. The van der Waals surface area contributed by atoms with Crippen LogP contribution in [0.5, 0.6) is 0 Å². The van der Waals surface area contributed by atoms with Gasteiger partial charge in [-0.15, -0.1) is 0 Å². The molecular weight excluding hydrogens is 296 g/mol. The van der Waals surface area contributed by atoms with Crippen molar-refractivity contribution in [1.82, 2.24) is 0 Å². The van der Waals surface area contributed by atoms with E-state index in [1.54, 1.807) is 0 Å². The van der Waals surface area contributed by atoms with E-state index in [0.717, 1.165) is 0 Å². The maximum Gasteiger partial charge on any atom is 0.394 e. The van der Waals surface area contributed by atoms with Crippen molar-refractivity contribution in [3.05, 3.63) is 0 Å². The fourth-order valence-corrected chi connectivity index (χ4v) is 0. The molecule has 0 amide bonds. The van der Waals surface area contributed by atoms with Gasteiger partial charge in [0, 0.05) is 49.4 Å². The molecule has 0 aliphatic heterocycles. The van der Waals surface area contributed by atoms with Gasteiger partial charge in [-0.05, 0) is 0 Å². The van der Waals surface area contributed by atoms with Gasteiger partial charge < -0.3 is 16.4 Å². The van der Waals surface area contributed by atoms with Gasteiger partial charge in [0.05, 0.1) is 0 Å². The molecule has 0 saturated carbocycles. The van der Waals surface area contributed by atoms with Crippen LogP contribution in [-0.2, 0) is 10.4 Å². The molecule has 0 aromatic heterocycles. The van der Waals surface area contributed by atoms with Gasteiger partial charge >= 0.3 is 10.4 Å². The summed E-state index contributed by atoms with van der Waals surface area (Å²) in [5.41, 5.74) is 0. The molecule has 8 N–H and O–H groups in total. The van der Waals surface area contributed by atoms with Gasteiger partial charge in [-0.1, -0.05) is 0 Å². The fraction of sp³-hybridized carbons (Fsp3) is 0. The second kappa shape index (κ2) is 12.1. The maximum absolute atomic E-state index is 8.74. The largest absolute Gasteiger partial charge is 0.412 e. The van der Waals surface area contributed by atoms with Crippen molar-refractivity contribution in [2.75, 3.05) is 0 Å². The minimum Gasteiger partial charge on any atom is -0.412 e. The van der Waals surface area contributed by atoms with Crippen molar-refractivity contribution >= 4 is 10.4 Å². The standard InChI is InChI=1S/Eu.H2O4S.3H2O/c;1-5(2,3)4;;;/h;(H2,1,2,3,4);3*1H2. The molecule has 9 heavy (non-hydrogen) atoms. The summed E-state index contributed by atoms with van der Waals surface area (Å²) < 4.78 is 31.6. The van der Waals surface area contributed by atoms with Gasteiger partial charge in [0.2, 0.25) is 0 Å². The number of hydrogen-bond acceptors (Lipinski definition) is 2. The average Bonchev–Trinajstić information content (AvgIpc) is 0.722. The average molecular weight is 304 g/mol. The molecule has 0 fully saturated rings. The third kappa shape index (κ3) is 282. The zero-order chi connectivity index (χ0) is 4.50. The molecule has 0 atom stereocenters. The quantitative estimate of drug-likeness (QED) is 0.451. The first-order valence-corrected chi connectivity index (χ1v) is 2.10. The van der Waals surface area contributed by atoms with Gasteiger partial charge in [0.1, 0.15) is 0 Å². The van der Waals surface area contributed by atoms with E-state index in [4.69, 9.17) is 17.5 Å². The molecule has 63 valence electrons. The second-order valence-corrected chi connectivity index (χ2v) is 1.34. The van der Waals surface area contributed by atoms with Crippen molar-refractivity contribution in [3.8, 4) is 0 Å². The van der Waals surface area contributed by atoms with Crippen LogP contribution in [-0.4, -0.2) is 34.0 Å². The third-order valence-corrected chi connectivity index (χ3v) is 0. The summed E-state index contributed by atoms with van der Waals surface area (Å²) in [5, 5.41) is 0. The van der Waals surface area contributed by atoms with Crippen LogP contribution in [0.15, 0.2) is 0 Å². The topological polar surface area (TPSA) is 169 Å². The summed E-state index contributed by atoms with van der Waals surface area (Å²) in [6.45, 7) is 0. The summed E-state index contributed by atoms with van der Waals surface area (Å²) in [6, 6.07) is 0. The first-order chi connectivity index (χ1) is 2.00. The Morgan fingerprint density at radius 1 is 0.889 bits per heavy atom. The zero-order valence-corrected chi connectivity index (χ0v) is 7.24. The molecule has 0 heterocycles.